The highest BCUT2D eigenvalue weighted by molar-refractivity contribution is 6.00. The van der Waals surface area contributed by atoms with Gasteiger partial charge in [-0.05, 0) is 25.1 Å². The summed E-state index contributed by atoms with van der Waals surface area (Å²) in [5.41, 5.74) is 2.92. The Kier molecular flexibility index (Phi) is 2.33. The van der Waals surface area contributed by atoms with Gasteiger partial charge in [0.1, 0.15) is 0 Å². The summed E-state index contributed by atoms with van der Waals surface area (Å²) in [5.74, 6) is 0. The van der Waals surface area contributed by atoms with Crippen molar-refractivity contribution in [2.75, 3.05) is 12.4 Å². The van der Waals surface area contributed by atoms with E-state index in [0.29, 0.717) is 0 Å². The first kappa shape index (κ1) is 9.58. The van der Waals surface area contributed by atoms with Crippen LogP contribution in [0.25, 0.3) is 10.9 Å². The van der Waals surface area contributed by atoms with E-state index in [0.717, 1.165) is 22.3 Å². The molecule has 0 radical (unpaired) electrons. The standard InChI is InChI=1S/C11H13N3O/c1-7-6-8-9(13-7)4-3-5-10(8)14-11(15)12-2/h3-6,13H,1-2H3,(H2,12,14,15). The lowest BCUT2D eigenvalue weighted by Gasteiger charge is -2.04. The molecule has 4 heteroatoms. The third-order valence-electron chi connectivity index (χ3n) is 2.27. The molecule has 0 spiro atoms. The minimum Gasteiger partial charge on any atom is -0.359 e. The third-order valence-corrected chi connectivity index (χ3v) is 2.27. The average molecular weight is 203 g/mol. The first-order valence-corrected chi connectivity index (χ1v) is 4.78. The Bertz CT molecular complexity index is 502. The molecule has 0 bridgehead atoms. The molecule has 0 unspecified atom stereocenters. The van der Waals surface area contributed by atoms with Crippen LogP contribution in [0.2, 0.25) is 0 Å². The largest absolute Gasteiger partial charge is 0.359 e. The summed E-state index contributed by atoms with van der Waals surface area (Å²) >= 11 is 0. The summed E-state index contributed by atoms with van der Waals surface area (Å²) in [6, 6.07) is 7.58. The molecular weight excluding hydrogens is 190 g/mol. The predicted molar refractivity (Wildman–Crippen MR) is 61.1 cm³/mol. The van der Waals surface area contributed by atoms with Gasteiger partial charge in [-0.1, -0.05) is 6.07 Å². The fraction of sp³-hybridized carbons (Fsp3) is 0.182. The lowest BCUT2D eigenvalue weighted by Crippen LogP contribution is -2.24. The maximum atomic E-state index is 11.2. The van der Waals surface area contributed by atoms with E-state index in [4.69, 9.17) is 0 Å². The van der Waals surface area contributed by atoms with Crippen LogP contribution in [-0.2, 0) is 0 Å². The average Bonchev–Trinajstić information content (AvgIpc) is 2.59. The summed E-state index contributed by atoms with van der Waals surface area (Å²) in [5, 5.41) is 6.33. The van der Waals surface area contributed by atoms with E-state index in [2.05, 4.69) is 15.6 Å². The Morgan fingerprint density at radius 3 is 2.93 bits per heavy atom. The number of aromatic amines is 1. The second-order valence-corrected chi connectivity index (χ2v) is 3.42. The molecule has 78 valence electrons. The quantitative estimate of drug-likeness (QED) is 0.654. The van der Waals surface area contributed by atoms with Crippen molar-refractivity contribution in [2.24, 2.45) is 0 Å². The zero-order valence-electron chi connectivity index (χ0n) is 8.72. The normalized spacial score (nSPS) is 10.3. The summed E-state index contributed by atoms with van der Waals surface area (Å²) in [4.78, 5) is 14.4. The van der Waals surface area contributed by atoms with E-state index in [9.17, 15) is 4.79 Å². The minimum absolute atomic E-state index is 0.207. The summed E-state index contributed by atoms with van der Waals surface area (Å²) in [6.07, 6.45) is 0. The van der Waals surface area contributed by atoms with Crippen LogP contribution in [0.1, 0.15) is 5.69 Å². The van der Waals surface area contributed by atoms with Crippen molar-refractivity contribution in [2.45, 2.75) is 6.92 Å². The molecule has 2 aromatic rings. The lowest BCUT2D eigenvalue weighted by atomic mass is 10.2. The molecular formula is C11H13N3O. The van der Waals surface area contributed by atoms with Gasteiger partial charge in [-0.2, -0.15) is 0 Å². The highest BCUT2D eigenvalue weighted by Gasteiger charge is 2.05. The van der Waals surface area contributed by atoms with Crippen LogP contribution >= 0.6 is 0 Å². The molecule has 1 aromatic heterocycles. The van der Waals surface area contributed by atoms with Crippen LogP contribution in [-0.4, -0.2) is 18.1 Å². The van der Waals surface area contributed by atoms with E-state index in [1.54, 1.807) is 7.05 Å². The van der Waals surface area contributed by atoms with Crippen molar-refractivity contribution in [1.82, 2.24) is 10.3 Å². The van der Waals surface area contributed by atoms with Crippen molar-refractivity contribution < 1.29 is 4.79 Å². The molecule has 2 rings (SSSR count). The van der Waals surface area contributed by atoms with Gasteiger partial charge in [0.25, 0.3) is 0 Å². The summed E-state index contributed by atoms with van der Waals surface area (Å²) in [6.45, 7) is 1.99. The number of benzene rings is 1. The number of amides is 2. The van der Waals surface area contributed by atoms with Crippen LogP contribution in [0.3, 0.4) is 0 Å². The molecule has 0 aliphatic heterocycles. The van der Waals surface area contributed by atoms with Gasteiger partial charge in [-0.25, -0.2) is 4.79 Å². The Hall–Kier alpha value is -1.97. The number of hydrogen-bond donors (Lipinski definition) is 3. The number of H-pyrrole nitrogens is 1. The van der Waals surface area contributed by atoms with Crippen LogP contribution in [0, 0.1) is 6.92 Å². The van der Waals surface area contributed by atoms with Crippen LogP contribution in [0.5, 0.6) is 0 Å². The van der Waals surface area contributed by atoms with Gasteiger partial charge in [0.05, 0.1) is 5.69 Å². The van der Waals surface area contributed by atoms with Crippen molar-refractivity contribution in [1.29, 1.82) is 0 Å². The van der Waals surface area contributed by atoms with Crippen molar-refractivity contribution in [3.05, 3.63) is 30.0 Å². The molecule has 1 heterocycles. The van der Waals surface area contributed by atoms with Gasteiger partial charge < -0.3 is 15.6 Å². The van der Waals surface area contributed by atoms with Gasteiger partial charge in [-0.3, -0.25) is 0 Å². The number of nitrogens with one attached hydrogen (secondary N) is 3. The van der Waals surface area contributed by atoms with Crippen molar-refractivity contribution in [3.8, 4) is 0 Å². The Labute approximate surface area is 87.7 Å². The molecule has 0 saturated carbocycles. The van der Waals surface area contributed by atoms with Gasteiger partial charge >= 0.3 is 6.03 Å². The van der Waals surface area contributed by atoms with E-state index in [1.165, 1.54) is 0 Å². The van der Waals surface area contributed by atoms with Gasteiger partial charge in [0.15, 0.2) is 0 Å². The number of fused-ring (bicyclic) bond motifs is 1. The lowest BCUT2D eigenvalue weighted by molar-refractivity contribution is 0.254. The monoisotopic (exact) mass is 203 g/mol. The van der Waals surface area contributed by atoms with E-state index < -0.39 is 0 Å². The zero-order chi connectivity index (χ0) is 10.8. The zero-order valence-corrected chi connectivity index (χ0v) is 8.72. The van der Waals surface area contributed by atoms with Crippen LogP contribution in [0.15, 0.2) is 24.3 Å². The number of aryl methyl sites for hydroxylation is 1. The molecule has 0 saturated heterocycles. The molecule has 1 aromatic carbocycles. The maximum Gasteiger partial charge on any atom is 0.318 e. The number of carbonyl (C=O) groups excluding carboxylic acids is 1. The van der Waals surface area contributed by atoms with Crippen molar-refractivity contribution in [3.63, 3.8) is 0 Å². The number of anilines is 1. The predicted octanol–water partition coefficient (Wildman–Crippen LogP) is 2.23. The molecule has 0 fully saturated rings. The molecule has 0 aliphatic carbocycles. The van der Waals surface area contributed by atoms with E-state index >= 15 is 0 Å². The number of hydrogen-bond acceptors (Lipinski definition) is 1. The first-order valence-electron chi connectivity index (χ1n) is 4.78. The highest BCUT2D eigenvalue weighted by Crippen LogP contribution is 2.23. The number of urea groups is 1. The fourth-order valence-electron chi connectivity index (χ4n) is 1.59. The molecule has 2 amide bonds. The van der Waals surface area contributed by atoms with E-state index in [1.807, 2.05) is 31.2 Å². The van der Waals surface area contributed by atoms with Gasteiger partial charge in [-0.15, -0.1) is 0 Å². The maximum absolute atomic E-state index is 11.2. The number of aromatic nitrogens is 1. The first-order chi connectivity index (χ1) is 7.20. The smallest absolute Gasteiger partial charge is 0.318 e. The summed E-state index contributed by atoms with van der Waals surface area (Å²) in [7, 11) is 1.60. The topological polar surface area (TPSA) is 56.9 Å². The Morgan fingerprint density at radius 1 is 1.40 bits per heavy atom. The third kappa shape index (κ3) is 1.79. The van der Waals surface area contributed by atoms with Gasteiger partial charge in [0, 0.05) is 23.6 Å². The Morgan fingerprint density at radius 2 is 2.20 bits per heavy atom. The second-order valence-electron chi connectivity index (χ2n) is 3.42. The fourth-order valence-corrected chi connectivity index (χ4v) is 1.59. The molecule has 15 heavy (non-hydrogen) atoms. The minimum atomic E-state index is -0.207. The second kappa shape index (κ2) is 3.65. The SMILES string of the molecule is CNC(=O)Nc1cccc2[nH]c(C)cc12. The Balaban J connectivity index is 2.46. The molecule has 0 atom stereocenters. The molecule has 4 nitrogen and oxygen atoms in total. The molecule has 0 aliphatic rings. The number of carbonyl (C=O) groups is 1. The van der Waals surface area contributed by atoms with Gasteiger partial charge in [0.2, 0.25) is 0 Å². The highest BCUT2D eigenvalue weighted by atomic mass is 16.2. The van der Waals surface area contributed by atoms with Crippen molar-refractivity contribution >= 4 is 22.6 Å². The van der Waals surface area contributed by atoms with Crippen LogP contribution < -0.4 is 10.6 Å². The molecule has 3 N–H and O–H groups in total. The number of rotatable bonds is 1. The van der Waals surface area contributed by atoms with Crippen LogP contribution in [0.4, 0.5) is 10.5 Å². The summed E-state index contributed by atoms with van der Waals surface area (Å²) < 4.78 is 0. The van der Waals surface area contributed by atoms with E-state index in [-0.39, 0.29) is 6.03 Å².